The second kappa shape index (κ2) is 5.57. The molecular weight excluding hydrogens is 312 g/mol. The minimum absolute atomic E-state index is 0.0276. The first-order valence-electron chi connectivity index (χ1n) is 10.4. The van der Waals surface area contributed by atoms with Crippen molar-refractivity contribution in [3.05, 3.63) is 0 Å². The second-order valence-electron chi connectivity index (χ2n) is 10.3. The van der Waals surface area contributed by atoms with E-state index < -0.39 is 0 Å². The Morgan fingerprint density at radius 1 is 1.00 bits per heavy atom. The predicted octanol–water partition coefficient (Wildman–Crippen LogP) is 4.92. The molecule has 4 rings (SSSR count). The van der Waals surface area contributed by atoms with Crippen LogP contribution in [0.2, 0.25) is 0 Å². The zero-order chi connectivity index (χ0) is 18.0. The molecule has 0 amide bonds. The summed E-state index contributed by atoms with van der Waals surface area (Å²) in [4.78, 5) is 23.9. The first kappa shape index (κ1) is 17.5. The minimum Gasteiger partial charge on any atom is -0.463 e. The summed E-state index contributed by atoms with van der Waals surface area (Å²) in [5.41, 5.74) is 0.572. The highest BCUT2D eigenvalue weighted by atomic mass is 16.5. The molecule has 0 aliphatic heterocycles. The van der Waals surface area contributed by atoms with E-state index in [9.17, 15) is 9.59 Å². The van der Waals surface area contributed by atoms with Crippen molar-refractivity contribution in [2.45, 2.75) is 91.6 Å². The van der Waals surface area contributed by atoms with Gasteiger partial charge < -0.3 is 4.74 Å². The van der Waals surface area contributed by atoms with Crippen molar-refractivity contribution < 1.29 is 14.3 Å². The van der Waals surface area contributed by atoms with Gasteiger partial charge in [0.25, 0.3) is 0 Å². The number of fused-ring (bicyclic) bond motifs is 5. The largest absolute Gasteiger partial charge is 0.463 e. The Labute approximate surface area is 152 Å². The van der Waals surface area contributed by atoms with Gasteiger partial charge in [-0.05, 0) is 80.0 Å². The van der Waals surface area contributed by atoms with Crippen LogP contribution in [0.3, 0.4) is 0 Å². The number of esters is 1. The third-order valence-corrected chi connectivity index (χ3v) is 9.37. The van der Waals surface area contributed by atoms with E-state index in [4.69, 9.17) is 4.74 Å². The molecule has 0 spiro atoms. The monoisotopic (exact) mass is 346 g/mol. The highest BCUT2D eigenvalue weighted by molar-refractivity contribution is 5.87. The van der Waals surface area contributed by atoms with Gasteiger partial charge in [-0.25, -0.2) is 0 Å². The van der Waals surface area contributed by atoms with Gasteiger partial charge in [0.05, 0.1) is 0 Å². The van der Waals surface area contributed by atoms with Gasteiger partial charge in [-0.2, -0.15) is 0 Å². The lowest BCUT2D eigenvalue weighted by atomic mass is 9.40. The van der Waals surface area contributed by atoms with Crippen LogP contribution in [-0.2, 0) is 14.3 Å². The number of rotatable bonds is 1. The van der Waals surface area contributed by atoms with E-state index in [0.717, 1.165) is 43.9 Å². The highest BCUT2D eigenvalue weighted by Gasteiger charge is 2.63. The molecule has 0 radical (unpaired) electrons. The van der Waals surface area contributed by atoms with Crippen LogP contribution < -0.4 is 0 Å². The van der Waals surface area contributed by atoms with E-state index in [0.29, 0.717) is 17.1 Å². The van der Waals surface area contributed by atoms with Gasteiger partial charge in [-0.15, -0.1) is 0 Å². The van der Waals surface area contributed by atoms with E-state index in [2.05, 4.69) is 20.8 Å². The van der Waals surface area contributed by atoms with Crippen LogP contribution in [0.5, 0.6) is 0 Å². The number of Topliss-reactive ketones (excluding diaryl/α,β-unsaturated/α-hetero) is 1. The SMILES string of the molecule is CC(=O)O[C@@H]1CC[C@@]2(C)[C@@H]3CC[C@@]4(C)C(=O)CC[C@@H]4[C@@H]3CC[C@@]2(C)C1. The third-order valence-electron chi connectivity index (χ3n) is 9.37. The molecule has 4 aliphatic carbocycles. The topological polar surface area (TPSA) is 43.4 Å². The molecule has 3 heteroatoms. The Bertz CT molecular complexity index is 598. The molecule has 4 fully saturated rings. The van der Waals surface area contributed by atoms with Gasteiger partial charge in [0.1, 0.15) is 11.9 Å². The van der Waals surface area contributed by atoms with Crippen LogP contribution in [0, 0.1) is 34.0 Å². The summed E-state index contributed by atoms with van der Waals surface area (Å²) in [7, 11) is 0. The molecule has 0 bridgehead atoms. The van der Waals surface area contributed by atoms with E-state index >= 15 is 0 Å². The zero-order valence-corrected chi connectivity index (χ0v) is 16.4. The van der Waals surface area contributed by atoms with Gasteiger partial charge in [0.15, 0.2) is 0 Å². The molecule has 7 atom stereocenters. The number of hydrogen-bond donors (Lipinski definition) is 0. The summed E-state index contributed by atoms with van der Waals surface area (Å²) in [5.74, 6) is 2.49. The molecule has 0 N–H and O–H groups in total. The van der Waals surface area contributed by atoms with Gasteiger partial charge in [-0.3, -0.25) is 9.59 Å². The first-order valence-corrected chi connectivity index (χ1v) is 10.4. The molecule has 3 nitrogen and oxygen atoms in total. The summed E-state index contributed by atoms with van der Waals surface area (Å²) in [6, 6.07) is 0. The number of carbonyl (C=O) groups excluding carboxylic acids is 2. The van der Waals surface area contributed by atoms with Crippen molar-refractivity contribution in [1.29, 1.82) is 0 Å². The van der Waals surface area contributed by atoms with Crippen LogP contribution >= 0.6 is 0 Å². The van der Waals surface area contributed by atoms with Crippen molar-refractivity contribution in [3.8, 4) is 0 Å². The standard InChI is InChI=1S/C22H34O3/c1-14(23)25-15-7-12-22(4)18-9-11-21(3)17(5-6-19(21)24)16(18)8-10-20(22,2)13-15/h15-18H,5-13H2,1-4H3/t15-,16+,17-,18-,20+,21-,22+/m1/s1. The Balaban J connectivity index is 1.60. The number of carbonyl (C=O) groups is 2. The zero-order valence-electron chi connectivity index (χ0n) is 16.4. The van der Waals surface area contributed by atoms with Gasteiger partial charge in [-0.1, -0.05) is 20.8 Å². The van der Waals surface area contributed by atoms with Crippen LogP contribution in [0.4, 0.5) is 0 Å². The van der Waals surface area contributed by atoms with E-state index in [1.807, 2.05) is 0 Å². The second-order valence-corrected chi connectivity index (χ2v) is 10.3. The maximum atomic E-state index is 12.5. The van der Waals surface area contributed by atoms with Crippen molar-refractivity contribution in [3.63, 3.8) is 0 Å². The first-order chi connectivity index (χ1) is 11.7. The lowest BCUT2D eigenvalue weighted by Crippen LogP contribution is -2.58. The quantitative estimate of drug-likeness (QED) is 0.633. The van der Waals surface area contributed by atoms with Crippen LogP contribution in [-0.4, -0.2) is 17.9 Å². The van der Waals surface area contributed by atoms with Gasteiger partial charge in [0, 0.05) is 18.8 Å². The lowest BCUT2D eigenvalue weighted by Gasteiger charge is -2.64. The summed E-state index contributed by atoms with van der Waals surface area (Å²) < 4.78 is 5.60. The molecule has 0 saturated heterocycles. The van der Waals surface area contributed by atoms with Crippen LogP contribution in [0.1, 0.15) is 85.5 Å². The lowest BCUT2D eigenvalue weighted by molar-refractivity contribution is -0.181. The van der Waals surface area contributed by atoms with E-state index in [-0.39, 0.29) is 22.9 Å². The van der Waals surface area contributed by atoms with Crippen molar-refractivity contribution in [2.24, 2.45) is 34.0 Å². The summed E-state index contributed by atoms with van der Waals surface area (Å²) in [5, 5.41) is 0. The Hall–Kier alpha value is -0.860. The molecule has 0 heterocycles. The third kappa shape index (κ3) is 2.36. The number of hydrogen-bond acceptors (Lipinski definition) is 3. The van der Waals surface area contributed by atoms with Crippen LogP contribution in [0.15, 0.2) is 0 Å². The normalized spacial score (nSPS) is 52.1. The molecular formula is C22H34O3. The molecule has 4 saturated carbocycles. The summed E-state index contributed by atoms with van der Waals surface area (Å²) in [6.45, 7) is 8.77. The molecule has 4 aliphatic rings. The fraction of sp³-hybridized carbons (Fsp3) is 0.909. The summed E-state index contributed by atoms with van der Waals surface area (Å²) in [6.07, 6.45) is 10.0. The van der Waals surface area contributed by atoms with Crippen molar-refractivity contribution in [1.82, 2.24) is 0 Å². The minimum atomic E-state index is -0.135. The average Bonchev–Trinajstić information content (AvgIpc) is 2.84. The Morgan fingerprint density at radius 3 is 2.48 bits per heavy atom. The Kier molecular flexibility index (Phi) is 3.91. The maximum Gasteiger partial charge on any atom is 0.302 e. The maximum absolute atomic E-state index is 12.5. The molecule has 25 heavy (non-hydrogen) atoms. The van der Waals surface area contributed by atoms with Crippen molar-refractivity contribution >= 4 is 11.8 Å². The average molecular weight is 347 g/mol. The van der Waals surface area contributed by atoms with Crippen molar-refractivity contribution in [2.75, 3.05) is 0 Å². The Morgan fingerprint density at radius 2 is 1.76 bits per heavy atom. The number of ketones is 1. The predicted molar refractivity (Wildman–Crippen MR) is 96.9 cm³/mol. The molecule has 0 aromatic rings. The highest BCUT2D eigenvalue weighted by Crippen LogP contribution is 2.69. The number of ether oxygens (including phenoxy) is 1. The molecule has 0 aromatic heterocycles. The van der Waals surface area contributed by atoms with E-state index in [1.165, 1.54) is 32.6 Å². The molecule has 140 valence electrons. The van der Waals surface area contributed by atoms with Gasteiger partial charge in [0.2, 0.25) is 0 Å². The smallest absolute Gasteiger partial charge is 0.302 e. The fourth-order valence-corrected chi connectivity index (χ4v) is 7.69. The molecule has 0 aromatic carbocycles. The van der Waals surface area contributed by atoms with E-state index in [1.54, 1.807) is 0 Å². The van der Waals surface area contributed by atoms with Crippen LogP contribution in [0.25, 0.3) is 0 Å². The van der Waals surface area contributed by atoms with Gasteiger partial charge >= 0.3 is 5.97 Å². The summed E-state index contributed by atoms with van der Waals surface area (Å²) >= 11 is 0. The fourth-order valence-electron chi connectivity index (χ4n) is 7.69. The molecule has 0 unspecified atom stereocenters.